The van der Waals surface area contributed by atoms with E-state index in [9.17, 15) is 19.8 Å². The molecule has 0 saturated carbocycles. The van der Waals surface area contributed by atoms with Gasteiger partial charge in [-0.2, -0.15) is 0 Å². The minimum atomic E-state index is -0.581. The van der Waals surface area contributed by atoms with E-state index in [2.05, 4.69) is 6.07 Å². The molecule has 31 heavy (non-hydrogen) atoms. The molecule has 4 rings (SSSR count). The van der Waals surface area contributed by atoms with Crippen LogP contribution in [-0.4, -0.2) is 21.8 Å². The minimum Gasteiger partial charge on any atom is -0.507 e. The highest BCUT2D eigenvalue weighted by atomic mass is 127. The second kappa shape index (κ2) is 7.37. The van der Waals surface area contributed by atoms with E-state index < -0.39 is 11.6 Å². The van der Waals surface area contributed by atoms with Crippen LogP contribution in [0.4, 0.5) is 0 Å². The molecule has 3 aromatic carbocycles. The van der Waals surface area contributed by atoms with Gasteiger partial charge in [-0.3, -0.25) is 9.59 Å². The number of phenols is 2. The number of ether oxygens (including phenoxy) is 1. The first kappa shape index (κ1) is 21.4. The number of aryl methyl sites for hydroxylation is 3. The monoisotopic (exact) mass is 528 g/mol. The number of carbonyl (C=O) groups excluding carboxylic acids is 2. The fourth-order valence-electron chi connectivity index (χ4n) is 4.00. The van der Waals surface area contributed by atoms with Gasteiger partial charge in [0, 0.05) is 11.1 Å². The molecule has 0 fully saturated rings. The predicted octanol–water partition coefficient (Wildman–Crippen LogP) is 5.81. The van der Waals surface area contributed by atoms with Crippen molar-refractivity contribution < 1.29 is 24.5 Å². The lowest BCUT2D eigenvalue weighted by Crippen LogP contribution is -2.22. The quantitative estimate of drug-likeness (QED) is 0.321. The summed E-state index contributed by atoms with van der Waals surface area (Å²) in [5, 5.41) is 21.2. The summed E-state index contributed by atoms with van der Waals surface area (Å²) in [6, 6.07) is 6.60. The third-order valence-corrected chi connectivity index (χ3v) is 6.96. The zero-order valence-corrected chi connectivity index (χ0v) is 20.0. The molecule has 0 amide bonds. The molecule has 6 heteroatoms. The van der Waals surface area contributed by atoms with Crippen LogP contribution in [0.15, 0.2) is 24.3 Å². The number of rotatable bonds is 2. The molecule has 0 radical (unpaired) electrons. The summed E-state index contributed by atoms with van der Waals surface area (Å²) in [4.78, 5) is 26.3. The molecular weight excluding hydrogens is 507 g/mol. The van der Waals surface area contributed by atoms with Crippen molar-refractivity contribution in [2.24, 2.45) is 0 Å². The molecule has 158 valence electrons. The van der Waals surface area contributed by atoms with Crippen molar-refractivity contribution in [3.05, 3.63) is 77.9 Å². The Kier molecular flexibility index (Phi) is 5.08. The van der Waals surface area contributed by atoms with Crippen LogP contribution in [0.3, 0.4) is 0 Å². The van der Waals surface area contributed by atoms with Gasteiger partial charge in [0.15, 0.2) is 5.78 Å². The second-order valence-electron chi connectivity index (χ2n) is 8.02. The first-order chi connectivity index (χ1) is 14.5. The molecule has 0 saturated heterocycles. The summed E-state index contributed by atoms with van der Waals surface area (Å²) in [6.45, 7) is 9.64. The van der Waals surface area contributed by atoms with Crippen LogP contribution in [0, 0.1) is 38.2 Å². The molecule has 5 nitrogen and oxygen atoms in total. The number of carbonyl (C=O) groups is 2. The Morgan fingerprint density at radius 3 is 1.97 bits per heavy atom. The summed E-state index contributed by atoms with van der Waals surface area (Å²) in [5.74, 6) is -0.642. The van der Waals surface area contributed by atoms with Crippen molar-refractivity contribution in [1.82, 2.24) is 0 Å². The average Bonchev–Trinajstić information content (AvgIpc) is 2.70. The fraction of sp³-hybridized carbons (Fsp3) is 0.200. The van der Waals surface area contributed by atoms with Gasteiger partial charge in [-0.15, -0.1) is 0 Å². The van der Waals surface area contributed by atoms with Crippen LogP contribution in [0.2, 0.25) is 0 Å². The van der Waals surface area contributed by atoms with Crippen molar-refractivity contribution >= 4 is 34.2 Å². The molecule has 1 aliphatic carbocycles. The highest BCUT2D eigenvalue weighted by molar-refractivity contribution is 14.1. The van der Waals surface area contributed by atoms with Crippen molar-refractivity contribution in [2.45, 2.75) is 34.6 Å². The van der Waals surface area contributed by atoms with Crippen LogP contribution < -0.4 is 4.74 Å². The van der Waals surface area contributed by atoms with Gasteiger partial charge in [-0.25, -0.2) is 0 Å². The molecule has 0 heterocycles. The first-order valence-corrected chi connectivity index (χ1v) is 10.8. The van der Waals surface area contributed by atoms with Crippen LogP contribution >= 0.6 is 22.6 Å². The largest absolute Gasteiger partial charge is 0.507 e. The van der Waals surface area contributed by atoms with Crippen LogP contribution in [-0.2, 0) is 0 Å². The number of hydrogen-bond acceptors (Lipinski definition) is 5. The number of halogens is 1. The normalized spacial score (nSPS) is 12.6. The summed E-state index contributed by atoms with van der Waals surface area (Å²) in [6.07, 6.45) is 0. The minimum absolute atomic E-state index is 0.0649. The first-order valence-electron chi connectivity index (χ1n) is 9.76. The van der Waals surface area contributed by atoms with Crippen molar-refractivity contribution in [1.29, 1.82) is 0 Å². The Morgan fingerprint density at radius 1 is 0.774 bits per heavy atom. The lowest BCUT2D eigenvalue weighted by atomic mass is 9.82. The molecule has 0 spiro atoms. The van der Waals surface area contributed by atoms with E-state index in [0.717, 1.165) is 22.3 Å². The van der Waals surface area contributed by atoms with Crippen molar-refractivity contribution in [3.63, 3.8) is 0 Å². The molecule has 0 aromatic heterocycles. The Labute approximate surface area is 193 Å². The van der Waals surface area contributed by atoms with Crippen LogP contribution in [0.1, 0.15) is 59.7 Å². The van der Waals surface area contributed by atoms with Crippen molar-refractivity contribution in [2.75, 3.05) is 0 Å². The predicted molar refractivity (Wildman–Crippen MR) is 126 cm³/mol. The van der Waals surface area contributed by atoms with E-state index in [1.807, 2.05) is 50.3 Å². The Hall–Kier alpha value is -2.87. The van der Waals surface area contributed by atoms with E-state index in [1.54, 1.807) is 13.0 Å². The number of ketones is 2. The van der Waals surface area contributed by atoms with E-state index >= 15 is 0 Å². The number of hydrogen-bond donors (Lipinski definition) is 2. The standard InChI is InChI=1S/C25H21IO5/c1-10-6-15-19(17(27)7-10)23(29)20-16(22(15)28)9-18(21(26)24(20)30)31-25-13(4)11(2)8-12(3)14(25)5/h6-9,27,30H,1-5H3. The number of fused-ring (bicyclic) bond motifs is 2. The van der Waals surface area contributed by atoms with Gasteiger partial charge >= 0.3 is 0 Å². The third kappa shape index (κ3) is 3.20. The smallest absolute Gasteiger partial charge is 0.202 e. The summed E-state index contributed by atoms with van der Waals surface area (Å²) >= 11 is 1.91. The van der Waals surface area contributed by atoms with Gasteiger partial charge < -0.3 is 14.9 Å². The van der Waals surface area contributed by atoms with Crippen LogP contribution in [0.25, 0.3) is 0 Å². The average molecular weight is 528 g/mol. The maximum Gasteiger partial charge on any atom is 0.202 e. The van der Waals surface area contributed by atoms with E-state index in [-0.39, 0.29) is 33.8 Å². The van der Waals surface area contributed by atoms with E-state index in [1.165, 1.54) is 12.1 Å². The highest BCUT2D eigenvalue weighted by Crippen LogP contribution is 2.44. The number of aromatic hydroxyl groups is 2. The van der Waals surface area contributed by atoms with Gasteiger partial charge in [0.2, 0.25) is 5.78 Å². The molecule has 3 aromatic rings. The summed E-state index contributed by atoms with van der Waals surface area (Å²) in [7, 11) is 0. The summed E-state index contributed by atoms with van der Waals surface area (Å²) < 4.78 is 6.54. The van der Waals surface area contributed by atoms with Gasteiger partial charge in [-0.05, 0) is 103 Å². The maximum absolute atomic E-state index is 13.2. The van der Waals surface area contributed by atoms with Crippen molar-refractivity contribution in [3.8, 4) is 23.0 Å². The highest BCUT2D eigenvalue weighted by Gasteiger charge is 2.36. The summed E-state index contributed by atoms with van der Waals surface area (Å²) in [5.41, 5.74) is 4.73. The van der Waals surface area contributed by atoms with Gasteiger partial charge in [0.25, 0.3) is 0 Å². The zero-order chi connectivity index (χ0) is 22.8. The van der Waals surface area contributed by atoms with E-state index in [0.29, 0.717) is 20.6 Å². The second-order valence-corrected chi connectivity index (χ2v) is 9.10. The number of phenolic OH excluding ortho intramolecular Hbond substituents is 2. The van der Waals surface area contributed by atoms with Gasteiger partial charge in [0.1, 0.15) is 23.0 Å². The topological polar surface area (TPSA) is 83.8 Å². The fourth-order valence-corrected chi connectivity index (χ4v) is 4.54. The molecule has 1 aliphatic rings. The zero-order valence-electron chi connectivity index (χ0n) is 17.8. The lowest BCUT2D eigenvalue weighted by Gasteiger charge is -2.23. The molecule has 2 N–H and O–H groups in total. The number of benzene rings is 3. The lowest BCUT2D eigenvalue weighted by molar-refractivity contribution is 0.0973. The third-order valence-electron chi connectivity index (χ3n) is 5.92. The Balaban J connectivity index is 1.93. The Morgan fingerprint density at radius 2 is 1.35 bits per heavy atom. The molecular formula is C25H21IO5. The maximum atomic E-state index is 13.2. The van der Waals surface area contributed by atoms with Crippen LogP contribution in [0.5, 0.6) is 23.0 Å². The molecule has 0 aliphatic heterocycles. The van der Waals surface area contributed by atoms with Gasteiger partial charge in [0.05, 0.1) is 14.7 Å². The SMILES string of the molecule is Cc1cc(O)c2c(c1)C(=O)c1cc(Oc3c(C)c(C)cc(C)c3C)c(I)c(O)c1C2=O. The molecule has 0 atom stereocenters. The van der Waals surface area contributed by atoms with E-state index in [4.69, 9.17) is 4.74 Å². The van der Waals surface area contributed by atoms with Gasteiger partial charge in [-0.1, -0.05) is 6.07 Å². The molecule has 0 bridgehead atoms. The molecule has 0 unspecified atom stereocenters. The Bertz CT molecular complexity index is 1290.